The van der Waals surface area contributed by atoms with E-state index in [2.05, 4.69) is 4.98 Å². The zero-order valence-corrected chi connectivity index (χ0v) is 15.5. The number of alkyl halides is 3. The van der Waals surface area contributed by atoms with E-state index in [1.54, 1.807) is 6.20 Å². The first kappa shape index (κ1) is 17.6. The Bertz CT molecular complexity index is 1390. The van der Waals surface area contributed by atoms with Gasteiger partial charge in [-0.1, -0.05) is 48.5 Å². The molecule has 0 radical (unpaired) electrons. The molecule has 142 valence electrons. The number of benzene rings is 4. The van der Waals surface area contributed by atoms with E-state index in [1.807, 2.05) is 49.4 Å². The van der Waals surface area contributed by atoms with E-state index < -0.39 is 11.7 Å². The molecule has 5 aromatic rings. The average molecular weight is 388 g/mol. The molecular formula is C24H15F3N2. The summed E-state index contributed by atoms with van der Waals surface area (Å²) in [6.07, 6.45) is -2.58. The maximum absolute atomic E-state index is 12.9. The highest BCUT2D eigenvalue weighted by Crippen LogP contribution is 2.36. The lowest BCUT2D eigenvalue weighted by molar-refractivity contribution is -0.137. The molecular weight excluding hydrogens is 373 g/mol. The topological polar surface area (TPSA) is 25.8 Å². The van der Waals surface area contributed by atoms with Gasteiger partial charge in [-0.2, -0.15) is 13.2 Å². The largest absolute Gasteiger partial charge is 0.416 e. The van der Waals surface area contributed by atoms with Crippen LogP contribution in [-0.4, -0.2) is 9.97 Å². The highest BCUT2D eigenvalue weighted by atomic mass is 19.4. The van der Waals surface area contributed by atoms with Gasteiger partial charge < -0.3 is 0 Å². The fourth-order valence-electron chi connectivity index (χ4n) is 3.79. The Labute approximate surface area is 164 Å². The Morgan fingerprint density at radius 3 is 2.07 bits per heavy atom. The summed E-state index contributed by atoms with van der Waals surface area (Å²) in [4.78, 5) is 9.31. The number of rotatable bonds is 1. The molecule has 2 nitrogen and oxygen atoms in total. The van der Waals surface area contributed by atoms with E-state index in [0.717, 1.165) is 61.5 Å². The molecule has 0 aliphatic carbocycles. The zero-order chi connectivity index (χ0) is 20.2. The van der Waals surface area contributed by atoms with E-state index in [9.17, 15) is 13.2 Å². The molecule has 0 amide bonds. The molecule has 0 fully saturated rings. The number of nitrogens with zero attached hydrogens (tertiary/aromatic N) is 2. The lowest BCUT2D eigenvalue weighted by atomic mass is 9.95. The first-order chi connectivity index (χ1) is 13.9. The molecule has 5 heteroatoms. The minimum Gasteiger partial charge on any atom is -0.252 e. The Hall–Kier alpha value is -3.47. The summed E-state index contributed by atoms with van der Waals surface area (Å²) in [5.74, 6) is 0. The lowest BCUT2D eigenvalue weighted by Crippen LogP contribution is -2.03. The van der Waals surface area contributed by atoms with Gasteiger partial charge in [-0.25, -0.2) is 4.98 Å². The van der Waals surface area contributed by atoms with Crippen LogP contribution in [0.15, 0.2) is 72.9 Å². The van der Waals surface area contributed by atoms with Crippen LogP contribution in [-0.2, 0) is 6.18 Å². The molecule has 29 heavy (non-hydrogen) atoms. The summed E-state index contributed by atoms with van der Waals surface area (Å²) in [6.45, 7) is 1.91. The summed E-state index contributed by atoms with van der Waals surface area (Å²) in [6, 6.07) is 19.2. The number of halogens is 3. The summed E-state index contributed by atoms with van der Waals surface area (Å²) in [7, 11) is 0. The smallest absolute Gasteiger partial charge is 0.252 e. The molecule has 0 aliphatic rings. The van der Waals surface area contributed by atoms with Crippen LogP contribution < -0.4 is 0 Å². The van der Waals surface area contributed by atoms with Gasteiger partial charge in [-0.05, 0) is 47.0 Å². The molecule has 0 aliphatic heterocycles. The van der Waals surface area contributed by atoms with Crippen molar-refractivity contribution in [3.8, 4) is 11.1 Å². The Morgan fingerprint density at radius 1 is 0.690 bits per heavy atom. The van der Waals surface area contributed by atoms with Crippen molar-refractivity contribution in [2.24, 2.45) is 0 Å². The van der Waals surface area contributed by atoms with Crippen LogP contribution in [0.3, 0.4) is 0 Å². The molecule has 0 bridgehead atoms. The summed E-state index contributed by atoms with van der Waals surface area (Å²) >= 11 is 0. The normalized spacial score (nSPS) is 12.1. The van der Waals surface area contributed by atoms with Crippen molar-refractivity contribution in [2.75, 3.05) is 0 Å². The van der Waals surface area contributed by atoms with Crippen LogP contribution in [0, 0.1) is 6.92 Å². The van der Waals surface area contributed by atoms with Crippen LogP contribution in [0.5, 0.6) is 0 Å². The van der Waals surface area contributed by atoms with E-state index in [1.165, 1.54) is 12.1 Å². The van der Waals surface area contributed by atoms with Gasteiger partial charge in [0.15, 0.2) is 0 Å². The SMILES string of the molecule is Cc1cnc2c3ccccc3c3cc(-c4ccc(C(F)(F)F)cc4)ccc3c2n1. The van der Waals surface area contributed by atoms with Gasteiger partial charge in [0.1, 0.15) is 0 Å². The number of fused-ring (bicyclic) bond motifs is 6. The molecule has 0 atom stereocenters. The molecule has 0 saturated heterocycles. The van der Waals surface area contributed by atoms with E-state index in [4.69, 9.17) is 4.98 Å². The fraction of sp³-hybridized carbons (Fsp3) is 0.0833. The molecule has 5 rings (SSSR count). The Balaban J connectivity index is 1.79. The minimum atomic E-state index is -4.34. The minimum absolute atomic E-state index is 0.649. The summed E-state index contributed by atoms with van der Waals surface area (Å²) in [5.41, 5.74) is 3.46. The van der Waals surface area contributed by atoms with Gasteiger partial charge in [-0.15, -0.1) is 0 Å². The van der Waals surface area contributed by atoms with Gasteiger partial charge in [0.2, 0.25) is 0 Å². The van der Waals surface area contributed by atoms with Gasteiger partial charge in [0, 0.05) is 17.0 Å². The molecule has 0 saturated carbocycles. The van der Waals surface area contributed by atoms with Crippen LogP contribution >= 0.6 is 0 Å². The van der Waals surface area contributed by atoms with Crippen molar-refractivity contribution >= 4 is 32.6 Å². The number of hydrogen-bond donors (Lipinski definition) is 0. The second-order valence-corrected chi connectivity index (χ2v) is 7.09. The van der Waals surface area contributed by atoms with Crippen molar-refractivity contribution in [1.82, 2.24) is 9.97 Å². The predicted molar refractivity (Wildman–Crippen MR) is 110 cm³/mol. The lowest BCUT2D eigenvalue weighted by Gasteiger charge is -2.12. The number of aryl methyl sites for hydroxylation is 1. The van der Waals surface area contributed by atoms with Gasteiger partial charge in [0.25, 0.3) is 0 Å². The highest BCUT2D eigenvalue weighted by molar-refractivity contribution is 6.23. The first-order valence-electron chi connectivity index (χ1n) is 9.17. The summed E-state index contributed by atoms with van der Waals surface area (Å²) in [5, 5.41) is 4.03. The molecule has 1 heterocycles. The quantitative estimate of drug-likeness (QED) is 0.291. The van der Waals surface area contributed by atoms with Crippen molar-refractivity contribution in [2.45, 2.75) is 13.1 Å². The zero-order valence-electron chi connectivity index (χ0n) is 15.5. The monoisotopic (exact) mass is 388 g/mol. The second kappa shape index (κ2) is 6.27. The molecule has 0 unspecified atom stereocenters. The third-order valence-electron chi connectivity index (χ3n) is 5.19. The predicted octanol–water partition coefficient (Wildman–Crippen LogP) is 6.93. The van der Waals surface area contributed by atoms with Crippen molar-refractivity contribution < 1.29 is 13.2 Å². The standard InChI is InChI=1S/C24H15F3N2/c1-14-13-28-22-19-5-3-2-4-18(19)21-12-16(8-11-20(21)23(22)29-14)15-6-9-17(10-7-15)24(25,26)27/h2-13H,1H3. The number of hydrogen-bond acceptors (Lipinski definition) is 2. The second-order valence-electron chi connectivity index (χ2n) is 7.09. The average Bonchev–Trinajstić information content (AvgIpc) is 2.73. The molecule has 0 N–H and O–H groups in total. The maximum Gasteiger partial charge on any atom is 0.416 e. The highest BCUT2D eigenvalue weighted by Gasteiger charge is 2.30. The maximum atomic E-state index is 12.9. The Morgan fingerprint density at radius 2 is 1.34 bits per heavy atom. The molecule has 4 aromatic carbocycles. The molecule has 0 spiro atoms. The van der Waals surface area contributed by atoms with Gasteiger partial charge in [-0.3, -0.25) is 4.98 Å². The third-order valence-corrected chi connectivity index (χ3v) is 5.19. The van der Waals surface area contributed by atoms with E-state index in [-0.39, 0.29) is 0 Å². The fourth-order valence-corrected chi connectivity index (χ4v) is 3.79. The van der Waals surface area contributed by atoms with Crippen molar-refractivity contribution in [3.05, 3.63) is 84.2 Å². The van der Waals surface area contributed by atoms with Crippen LogP contribution in [0.2, 0.25) is 0 Å². The van der Waals surface area contributed by atoms with E-state index >= 15 is 0 Å². The first-order valence-corrected chi connectivity index (χ1v) is 9.17. The number of aromatic nitrogens is 2. The van der Waals surface area contributed by atoms with Gasteiger partial charge >= 0.3 is 6.18 Å². The van der Waals surface area contributed by atoms with E-state index in [0.29, 0.717) is 0 Å². The Kier molecular flexibility index (Phi) is 3.81. The van der Waals surface area contributed by atoms with Crippen LogP contribution in [0.1, 0.15) is 11.3 Å². The van der Waals surface area contributed by atoms with Crippen LogP contribution in [0.25, 0.3) is 43.7 Å². The van der Waals surface area contributed by atoms with Crippen molar-refractivity contribution in [3.63, 3.8) is 0 Å². The molecule has 1 aromatic heterocycles. The third kappa shape index (κ3) is 2.90. The van der Waals surface area contributed by atoms with Crippen LogP contribution in [0.4, 0.5) is 13.2 Å². The van der Waals surface area contributed by atoms with Gasteiger partial charge in [0.05, 0.1) is 22.3 Å². The summed E-state index contributed by atoms with van der Waals surface area (Å²) < 4.78 is 38.6. The van der Waals surface area contributed by atoms with Crippen molar-refractivity contribution in [1.29, 1.82) is 0 Å².